The predicted octanol–water partition coefficient (Wildman–Crippen LogP) is 6.59. The van der Waals surface area contributed by atoms with Crippen molar-refractivity contribution in [2.45, 2.75) is 84.2 Å². The van der Waals surface area contributed by atoms with Gasteiger partial charge in [0.15, 0.2) is 8.32 Å². The number of ether oxygens (including phenoxy) is 2. The van der Waals surface area contributed by atoms with Crippen molar-refractivity contribution in [3.05, 3.63) is 42.5 Å². The first-order chi connectivity index (χ1) is 14.6. The molecule has 0 aliphatic carbocycles. The molecule has 0 saturated heterocycles. The van der Waals surface area contributed by atoms with E-state index in [0.717, 1.165) is 43.6 Å². The molecule has 0 amide bonds. The molecule has 0 radical (unpaired) electrons. The van der Waals surface area contributed by atoms with Crippen molar-refractivity contribution in [2.24, 2.45) is 11.8 Å². The van der Waals surface area contributed by atoms with Crippen LogP contribution in [0.5, 0.6) is 5.75 Å². The van der Waals surface area contributed by atoms with E-state index >= 15 is 0 Å². The van der Waals surface area contributed by atoms with Crippen LogP contribution >= 0.6 is 0 Å². The lowest BCUT2D eigenvalue weighted by atomic mass is 9.86. The van der Waals surface area contributed by atoms with Crippen LogP contribution in [0.15, 0.2) is 36.9 Å². The van der Waals surface area contributed by atoms with Crippen LogP contribution in [0.2, 0.25) is 18.1 Å². The molecule has 3 atom stereocenters. The Morgan fingerprint density at radius 1 is 1.13 bits per heavy atom. The van der Waals surface area contributed by atoms with Crippen LogP contribution in [-0.4, -0.2) is 39.9 Å². The smallest absolute Gasteiger partial charge is 0.191 e. The molecule has 0 aromatic heterocycles. The highest BCUT2D eigenvalue weighted by molar-refractivity contribution is 6.74. The second-order valence-electron chi connectivity index (χ2n) is 10.2. The van der Waals surface area contributed by atoms with Crippen molar-refractivity contribution in [2.75, 3.05) is 20.3 Å². The molecule has 0 aliphatic rings. The van der Waals surface area contributed by atoms with Crippen LogP contribution in [0, 0.1) is 11.8 Å². The predicted molar refractivity (Wildman–Crippen MR) is 133 cm³/mol. The van der Waals surface area contributed by atoms with Crippen LogP contribution in [0.3, 0.4) is 0 Å². The quantitative estimate of drug-likeness (QED) is 0.186. The monoisotopic (exact) mass is 450 g/mol. The van der Waals surface area contributed by atoms with Gasteiger partial charge in [-0.3, -0.25) is 0 Å². The summed E-state index contributed by atoms with van der Waals surface area (Å²) in [6.07, 6.45) is 5.76. The zero-order valence-electron chi connectivity index (χ0n) is 20.9. The third kappa shape index (κ3) is 9.48. The summed E-state index contributed by atoms with van der Waals surface area (Å²) in [4.78, 5) is 0. The molecule has 0 aliphatic heterocycles. The van der Waals surface area contributed by atoms with Crippen molar-refractivity contribution in [3.8, 4) is 5.75 Å². The maximum absolute atomic E-state index is 10.2. The minimum Gasteiger partial charge on any atom is -0.497 e. The lowest BCUT2D eigenvalue weighted by molar-refractivity contribution is -0.0522. The molecule has 1 aromatic rings. The molecular weight excluding hydrogens is 404 g/mol. The normalized spacial score (nSPS) is 15.4. The van der Waals surface area contributed by atoms with Gasteiger partial charge in [-0.2, -0.15) is 0 Å². The standard InChI is InChI=1S/C26H46O4Si/c1-9-10-12-21(2)25(29-20-22-14-16-24(28-6)17-15-22)23(19-27)13-11-18-30-31(7,8)26(3,4)5/h9,14-17,21,23,25,27H,1,10-13,18-20H2,2-8H3/t21-,23+,25+/m1/s1. The molecule has 178 valence electrons. The number of hydrogen-bond acceptors (Lipinski definition) is 4. The fraction of sp³-hybridized carbons (Fsp3) is 0.692. The SMILES string of the molecule is C=CCC[C@@H](C)[C@H](OCc1ccc(OC)cc1)[C@H](CO)CCCO[Si](C)(C)C(C)(C)C. The molecule has 0 fully saturated rings. The van der Waals surface area contributed by atoms with Crippen LogP contribution < -0.4 is 4.74 Å². The molecule has 0 bridgehead atoms. The van der Waals surface area contributed by atoms with Gasteiger partial charge in [-0.1, -0.05) is 45.9 Å². The Labute approximate surface area is 192 Å². The molecular formula is C26H46O4Si. The second kappa shape index (κ2) is 13.4. The summed E-state index contributed by atoms with van der Waals surface area (Å²) in [7, 11) is -0.0659. The highest BCUT2D eigenvalue weighted by atomic mass is 28.4. The molecule has 31 heavy (non-hydrogen) atoms. The fourth-order valence-corrected chi connectivity index (χ4v) is 4.56. The summed E-state index contributed by atoms with van der Waals surface area (Å²) < 4.78 is 18.0. The van der Waals surface area contributed by atoms with Crippen molar-refractivity contribution >= 4 is 8.32 Å². The number of aliphatic hydroxyl groups is 1. The topological polar surface area (TPSA) is 47.9 Å². The average Bonchev–Trinajstić information content (AvgIpc) is 2.73. The van der Waals surface area contributed by atoms with E-state index in [1.165, 1.54) is 0 Å². The summed E-state index contributed by atoms with van der Waals surface area (Å²) in [5.74, 6) is 1.28. The third-order valence-corrected chi connectivity index (χ3v) is 11.2. The van der Waals surface area contributed by atoms with Gasteiger partial charge in [-0.15, -0.1) is 6.58 Å². The Kier molecular flexibility index (Phi) is 12.1. The van der Waals surface area contributed by atoms with E-state index in [1.54, 1.807) is 7.11 Å². The first-order valence-electron chi connectivity index (χ1n) is 11.7. The molecule has 0 saturated carbocycles. The average molecular weight is 451 g/mol. The van der Waals surface area contributed by atoms with Crippen LogP contribution in [0.25, 0.3) is 0 Å². The van der Waals surface area contributed by atoms with Gasteiger partial charge >= 0.3 is 0 Å². The van der Waals surface area contributed by atoms with E-state index in [9.17, 15) is 5.11 Å². The number of aliphatic hydroxyl groups excluding tert-OH is 1. The zero-order chi connectivity index (χ0) is 23.5. The first kappa shape index (κ1) is 27.9. The van der Waals surface area contributed by atoms with Crippen molar-refractivity contribution in [1.29, 1.82) is 0 Å². The lowest BCUT2D eigenvalue weighted by Gasteiger charge is -2.36. The van der Waals surface area contributed by atoms with Crippen LogP contribution in [-0.2, 0) is 15.8 Å². The van der Waals surface area contributed by atoms with Crippen LogP contribution in [0.4, 0.5) is 0 Å². The first-order valence-corrected chi connectivity index (χ1v) is 14.6. The van der Waals surface area contributed by atoms with E-state index in [1.807, 2.05) is 30.3 Å². The van der Waals surface area contributed by atoms with E-state index in [0.29, 0.717) is 12.5 Å². The van der Waals surface area contributed by atoms with E-state index in [4.69, 9.17) is 13.9 Å². The van der Waals surface area contributed by atoms with Gasteiger partial charge in [0.25, 0.3) is 0 Å². The molecule has 1 aromatic carbocycles. The summed E-state index contributed by atoms with van der Waals surface area (Å²) in [5, 5.41) is 10.4. The fourth-order valence-electron chi connectivity index (χ4n) is 3.47. The Morgan fingerprint density at radius 2 is 1.77 bits per heavy atom. The van der Waals surface area contributed by atoms with Gasteiger partial charge in [0.2, 0.25) is 0 Å². The van der Waals surface area contributed by atoms with E-state index < -0.39 is 8.32 Å². The number of rotatable bonds is 15. The minimum atomic E-state index is -1.74. The molecule has 0 heterocycles. The Balaban J connectivity index is 2.72. The van der Waals surface area contributed by atoms with Crippen LogP contribution in [0.1, 0.15) is 58.9 Å². The Hall–Kier alpha value is -1.14. The van der Waals surface area contributed by atoms with Gasteiger partial charge in [-0.05, 0) is 67.4 Å². The summed E-state index contributed by atoms with van der Waals surface area (Å²) in [6.45, 7) is 18.9. The van der Waals surface area contributed by atoms with Crippen molar-refractivity contribution in [1.82, 2.24) is 0 Å². The lowest BCUT2D eigenvalue weighted by Crippen LogP contribution is -2.41. The highest BCUT2D eigenvalue weighted by Crippen LogP contribution is 2.36. The number of hydrogen-bond donors (Lipinski definition) is 1. The zero-order valence-corrected chi connectivity index (χ0v) is 21.9. The van der Waals surface area contributed by atoms with E-state index in [2.05, 4.69) is 47.4 Å². The van der Waals surface area contributed by atoms with E-state index in [-0.39, 0.29) is 23.7 Å². The van der Waals surface area contributed by atoms with Gasteiger partial charge in [0.1, 0.15) is 5.75 Å². The molecule has 5 heteroatoms. The minimum absolute atomic E-state index is 0.0000714. The highest BCUT2D eigenvalue weighted by Gasteiger charge is 2.37. The van der Waals surface area contributed by atoms with Gasteiger partial charge in [-0.25, -0.2) is 0 Å². The maximum atomic E-state index is 10.2. The number of methoxy groups -OCH3 is 1. The van der Waals surface area contributed by atoms with Gasteiger partial charge in [0.05, 0.1) is 19.8 Å². The molecule has 4 nitrogen and oxygen atoms in total. The molecule has 1 N–H and O–H groups in total. The summed E-state index contributed by atoms with van der Waals surface area (Å²) >= 11 is 0. The molecule has 1 rings (SSSR count). The maximum Gasteiger partial charge on any atom is 0.191 e. The second-order valence-corrected chi connectivity index (χ2v) is 15.0. The molecule has 0 spiro atoms. The number of allylic oxidation sites excluding steroid dienone is 1. The van der Waals surface area contributed by atoms with Gasteiger partial charge < -0.3 is 19.0 Å². The largest absolute Gasteiger partial charge is 0.497 e. The van der Waals surface area contributed by atoms with Crippen molar-refractivity contribution < 1.29 is 19.0 Å². The van der Waals surface area contributed by atoms with Gasteiger partial charge in [0, 0.05) is 19.1 Å². The Bertz CT molecular complexity index is 621. The summed E-state index contributed by atoms with van der Waals surface area (Å²) in [5.41, 5.74) is 1.11. The summed E-state index contributed by atoms with van der Waals surface area (Å²) in [6, 6.07) is 7.98. The number of benzene rings is 1. The molecule has 0 unspecified atom stereocenters. The third-order valence-electron chi connectivity index (χ3n) is 6.68. The Morgan fingerprint density at radius 3 is 2.29 bits per heavy atom. The van der Waals surface area contributed by atoms with Crippen molar-refractivity contribution in [3.63, 3.8) is 0 Å².